The Kier molecular flexibility index (Phi) is 2.89. The van der Waals surface area contributed by atoms with Crippen LogP contribution in [0.3, 0.4) is 0 Å². The number of nitrogens with zero attached hydrogens (tertiary/aromatic N) is 1. The predicted molar refractivity (Wildman–Crippen MR) is 61.3 cm³/mol. The fourth-order valence-corrected chi connectivity index (χ4v) is 1.91. The molecule has 0 saturated heterocycles. The summed E-state index contributed by atoms with van der Waals surface area (Å²) in [7, 11) is 0. The van der Waals surface area contributed by atoms with E-state index in [0.29, 0.717) is 0 Å². The number of rotatable bonds is 1. The van der Waals surface area contributed by atoms with Crippen LogP contribution in [0.5, 0.6) is 0 Å². The first-order valence-corrected chi connectivity index (χ1v) is 5.57. The minimum absolute atomic E-state index is 0.0638. The Morgan fingerprint density at radius 2 is 1.33 bits per heavy atom. The highest BCUT2D eigenvalue weighted by Gasteiger charge is 2.28. The number of halogens is 6. The van der Waals surface area contributed by atoms with Gasteiger partial charge in [0.25, 0.3) is 0 Å². The average molecular weight is 302 g/mol. The summed E-state index contributed by atoms with van der Waals surface area (Å²) >= 11 is 0. The van der Waals surface area contributed by atoms with Crippen LogP contribution in [0.15, 0.2) is 18.2 Å². The lowest BCUT2D eigenvalue weighted by atomic mass is 10.1. The van der Waals surface area contributed by atoms with Crippen molar-refractivity contribution in [2.24, 2.45) is 0 Å². The summed E-state index contributed by atoms with van der Waals surface area (Å²) in [4.78, 5) is 6.02. The number of hydrogen-bond donors (Lipinski definition) is 1. The van der Waals surface area contributed by atoms with Crippen molar-refractivity contribution in [1.29, 1.82) is 0 Å². The van der Waals surface area contributed by atoms with Crippen molar-refractivity contribution in [3.8, 4) is 11.4 Å². The number of aromatic nitrogens is 2. The van der Waals surface area contributed by atoms with Gasteiger partial charge in [0.05, 0.1) is 16.6 Å². The zero-order valence-corrected chi connectivity index (χ0v) is 9.95. The summed E-state index contributed by atoms with van der Waals surface area (Å²) in [6, 6.07) is 3.24. The SMILES string of the molecule is Fc1ccc2nc(-c3c(F)c(F)c(F)c(F)c3F)[nH]c2c1. The number of aromatic amines is 1. The van der Waals surface area contributed by atoms with Crippen LogP contribution in [0.25, 0.3) is 22.4 Å². The van der Waals surface area contributed by atoms with E-state index in [2.05, 4.69) is 9.97 Å². The van der Waals surface area contributed by atoms with Gasteiger partial charge < -0.3 is 4.98 Å². The van der Waals surface area contributed by atoms with Crippen molar-refractivity contribution < 1.29 is 26.3 Å². The maximum atomic E-state index is 13.6. The summed E-state index contributed by atoms with van der Waals surface area (Å²) in [5.41, 5.74) is -1.01. The van der Waals surface area contributed by atoms with E-state index in [4.69, 9.17) is 0 Å². The van der Waals surface area contributed by atoms with Crippen LogP contribution in [0.4, 0.5) is 26.3 Å². The molecule has 8 heteroatoms. The molecule has 21 heavy (non-hydrogen) atoms. The minimum atomic E-state index is -2.25. The highest BCUT2D eigenvalue weighted by Crippen LogP contribution is 2.31. The lowest BCUT2D eigenvalue weighted by Crippen LogP contribution is -2.04. The Morgan fingerprint density at radius 3 is 1.95 bits per heavy atom. The Morgan fingerprint density at radius 1 is 0.762 bits per heavy atom. The van der Waals surface area contributed by atoms with Crippen molar-refractivity contribution in [2.45, 2.75) is 0 Å². The number of nitrogens with one attached hydrogen (secondary N) is 1. The van der Waals surface area contributed by atoms with Gasteiger partial charge in [-0.15, -0.1) is 0 Å². The van der Waals surface area contributed by atoms with Gasteiger partial charge in [-0.1, -0.05) is 0 Å². The van der Waals surface area contributed by atoms with Gasteiger partial charge in [-0.25, -0.2) is 31.3 Å². The number of benzene rings is 2. The fourth-order valence-electron chi connectivity index (χ4n) is 1.91. The second-order valence-electron chi connectivity index (χ2n) is 4.19. The standard InChI is InChI=1S/C13H4F6N2/c14-4-1-2-5-6(3-4)21-13(20-5)7-8(15)10(17)12(19)11(18)9(7)16/h1-3H,(H,20,21). The van der Waals surface area contributed by atoms with Crippen LogP contribution in [0.1, 0.15) is 0 Å². The van der Waals surface area contributed by atoms with Crippen molar-refractivity contribution in [1.82, 2.24) is 9.97 Å². The zero-order valence-electron chi connectivity index (χ0n) is 9.95. The van der Waals surface area contributed by atoms with E-state index in [1.807, 2.05) is 0 Å². The van der Waals surface area contributed by atoms with Crippen LogP contribution in [-0.2, 0) is 0 Å². The number of hydrogen-bond acceptors (Lipinski definition) is 1. The topological polar surface area (TPSA) is 28.7 Å². The molecule has 0 aliphatic rings. The largest absolute Gasteiger partial charge is 0.338 e. The highest BCUT2D eigenvalue weighted by molar-refractivity contribution is 5.79. The van der Waals surface area contributed by atoms with Crippen molar-refractivity contribution in [3.05, 3.63) is 53.1 Å². The van der Waals surface area contributed by atoms with Crippen molar-refractivity contribution in [3.63, 3.8) is 0 Å². The molecule has 1 N–H and O–H groups in total. The molecule has 1 heterocycles. The van der Waals surface area contributed by atoms with Crippen LogP contribution in [0.2, 0.25) is 0 Å². The van der Waals surface area contributed by atoms with Gasteiger partial charge in [0.1, 0.15) is 11.6 Å². The lowest BCUT2D eigenvalue weighted by molar-refractivity contribution is 0.381. The van der Waals surface area contributed by atoms with Crippen LogP contribution in [0, 0.1) is 34.9 Å². The smallest absolute Gasteiger partial charge is 0.200 e. The Balaban J connectivity index is 2.32. The number of H-pyrrole nitrogens is 1. The molecule has 0 fully saturated rings. The Bertz CT molecular complexity index is 842. The second kappa shape index (κ2) is 4.51. The molecule has 0 saturated carbocycles. The van der Waals surface area contributed by atoms with Gasteiger partial charge >= 0.3 is 0 Å². The summed E-state index contributed by atoms with van der Waals surface area (Å²) in [5, 5.41) is 0. The van der Waals surface area contributed by atoms with E-state index in [1.54, 1.807) is 0 Å². The number of imidazole rings is 1. The van der Waals surface area contributed by atoms with Gasteiger partial charge in [0.15, 0.2) is 23.3 Å². The Hall–Kier alpha value is -2.51. The fraction of sp³-hybridized carbons (Fsp3) is 0. The number of fused-ring (bicyclic) bond motifs is 1. The third-order valence-electron chi connectivity index (χ3n) is 2.89. The summed E-state index contributed by atoms with van der Waals surface area (Å²) in [6.45, 7) is 0. The molecule has 3 aromatic rings. The van der Waals surface area contributed by atoms with Gasteiger partial charge in [-0.3, -0.25) is 0 Å². The quantitative estimate of drug-likeness (QED) is 0.410. The third-order valence-corrected chi connectivity index (χ3v) is 2.89. The van der Waals surface area contributed by atoms with Gasteiger partial charge in [0.2, 0.25) is 5.82 Å². The van der Waals surface area contributed by atoms with E-state index < -0.39 is 46.3 Å². The first-order valence-electron chi connectivity index (χ1n) is 5.57. The maximum absolute atomic E-state index is 13.6. The van der Waals surface area contributed by atoms with Crippen LogP contribution >= 0.6 is 0 Å². The summed E-state index contributed by atoms with van der Waals surface area (Å²) < 4.78 is 79.6. The maximum Gasteiger partial charge on any atom is 0.200 e. The van der Waals surface area contributed by atoms with Gasteiger partial charge in [0, 0.05) is 0 Å². The minimum Gasteiger partial charge on any atom is -0.338 e. The molecule has 3 rings (SSSR count). The normalized spacial score (nSPS) is 11.3. The third kappa shape index (κ3) is 1.94. The molecule has 2 nitrogen and oxygen atoms in total. The molecule has 1 aromatic heterocycles. The van der Waals surface area contributed by atoms with E-state index in [-0.39, 0.29) is 11.0 Å². The van der Waals surface area contributed by atoms with E-state index in [9.17, 15) is 26.3 Å². The zero-order chi connectivity index (χ0) is 15.3. The summed E-state index contributed by atoms with van der Waals surface area (Å²) in [6.07, 6.45) is 0. The monoisotopic (exact) mass is 302 g/mol. The second-order valence-corrected chi connectivity index (χ2v) is 4.19. The molecule has 108 valence electrons. The molecule has 0 spiro atoms. The molecule has 0 aliphatic heterocycles. The molecule has 0 amide bonds. The van der Waals surface area contributed by atoms with E-state index >= 15 is 0 Å². The van der Waals surface area contributed by atoms with E-state index in [1.165, 1.54) is 6.07 Å². The molecule has 0 unspecified atom stereocenters. The molecule has 0 atom stereocenters. The first-order chi connectivity index (χ1) is 9.90. The molecule has 2 aromatic carbocycles. The van der Waals surface area contributed by atoms with E-state index in [0.717, 1.165) is 12.1 Å². The molecule has 0 radical (unpaired) electrons. The molecular formula is C13H4F6N2. The van der Waals surface area contributed by atoms with Crippen LogP contribution < -0.4 is 0 Å². The summed E-state index contributed by atoms with van der Waals surface area (Å²) in [5.74, 6) is -11.6. The Labute approximate surface area is 113 Å². The molecular weight excluding hydrogens is 298 g/mol. The molecule has 0 bridgehead atoms. The lowest BCUT2D eigenvalue weighted by Gasteiger charge is -2.05. The van der Waals surface area contributed by atoms with Crippen LogP contribution in [-0.4, -0.2) is 9.97 Å². The predicted octanol–water partition coefficient (Wildman–Crippen LogP) is 4.06. The first kappa shape index (κ1) is 13.5. The highest BCUT2D eigenvalue weighted by atomic mass is 19.2. The van der Waals surface area contributed by atoms with Gasteiger partial charge in [-0.05, 0) is 18.2 Å². The van der Waals surface area contributed by atoms with Crippen molar-refractivity contribution in [2.75, 3.05) is 0 Å². The van der Waals surface area contributed by atoms with Crippen molar-refractivity contribution >= 4 is 11.0 Å². The van der Waals surface area contributed by atoms with Gasteiger partial charge in [-0.2, -0.15) is 0 Å². The average Bonchev–Trinajstić information content (AvgIpc) is 2.85. The molecule has 0 aliphatic carbocycles.